The molecule has 1 aliphatic heterocycles. The van der Waals surface area contributed by atoms with Crippen LogP contribution in [-0.4, -0.2) is 41.3 Å². The first-order valence-electron chi connectivity index (χ1n) is 8.32. The molecule has 1 aromatic heterocycles. The Morgan fingerprint density at radius 3 is 2.84 bits per heavy atom. The van der Waals surface area contributed by atoms with Crippen LogP contribution in [0, 0.1) is 11.7 Å². The summed E-state index contributed by atoms with van der Waals surface area (Å²) >= 11 is 0. The van der Waals surface area contributed by atoms with Gasteiger partial charge in [-0.25, -0.2) is 9.37 Å². The number of halogens is 1. The average Bonchev–Trinajstić information content (AvgIpc) is 3.22. The van der Waals surface area contributed by atoms with Gasteiger partial charge in [-0.15, -0.1) is 0 Å². The molecule has 7 heteroatoms. The van der Waals surface area contributed by atoms with E-state index in [1.54, 1.807) is 17.0 Å². The van der Waals surface area contributed by atoms with Gasteiger partial charge in [0.1, 0.15) is 12.1 Å². The van der Waals surface area contributed by atoms with E-state index in [9.17, 15) is 14.0 Å². The highest BCUT2D eigenvalue weighted by molar-refractivity contribution is 5.89. The topological polar surface area (TPSA) is 75.4 Å². The van der Waals surface area contributed by atoms with Gasteiger partial charge in [0.15, 0.2) is 0 Å². The van der Waals surface area contributed by atoms with Crippen LogP contribution in [0.3, 0.4) is 0 Å². The van der Waals surface area contributed by atoms with E-state index < -0.39 is 0 Å². The normalized spacial score (nSPS) is 17.1. The Morgan fingerprint density at radius 1 is 1.40 bits per heavy atom. The molecule has 132 valence electrons. The molecule has 0 spiro atoms. The minimum absolute atomic E-state index is 0.0306. The van der Waals surface area contributed by atoms with E-state index in [0.29, 0.717) is 43.2 Å². The largest absolute Gasteiger partial charge is 0.444 e. The fraction of sp³-hybridized carbons (Fsp3) is 0.389. The van der Waals surface area contributed by atoms with E-state index in [-0.39, 0.29) is 30.0 Å². The van der Waals surface area contributed by atoms with Crippen LogP contribution in [0.15, 0.2) is 34.9 Å². The highest BCUT2D eigenvalue weighted by Gasteiger charge is 2.33. The van der Waals surface area contributed by atoms with Crippen molar-refractivity contribution in [1.82, 2.24) is 15.2 Å². The number of nitrogens with zero attached hydrogens (tertiary/aromatic N) is 2. The van der Waals surface area contributed by atoms with Crippen molar-refractivity contribution >= 4 is 11.8 Å². The Balaban J connectivity index is 1.49. The van der Waals surface area contributed by atoms with Gasteiger partial charge in [0.05, 0.1) is 11.6 Å². The van der Waals surface area contributed by atoms with E-state index >= 15 is 0 Å². The van der Waals surface area contributed by atoms with Crippen LogP contribution in [0.1, 0.15) is 19.0 Å². The van der Waals surface area contributed by atoms with Crippen LogP contribution < -0.4 is 5.32 Å². The fourth-order valence-corrected chi connectivity index (χ4v) is 2.86. The third kappa shape index (κ3) is 4.04. The van der Waals surface area contributed by atoms with Crippen LogP contribution in [0.25, 0.3) is 11.5 Å². The Morgan fingerprint density at radius 2 is 2.16 bits per heavy atom. The lowest BCUT2D eigenvalue weighted by Gasteiger charge is -2.13. The summed E-state index contributed by atoms with van der Waals surface area (Å²) in [6.45, 7) is 3.44. The van der Waals surface area contributed by atoms with E-state index in [1.165, 1.54) is 18.4 Å². The lowest BCUT2D eigenvalue weighted by atomic mass is 10.1. The molecular formula is C18H20FN3O3. The summed E-state index contributed by atoms with van der Waals surface area (Å²) in [5, 5.41) is 2.85. The van der Waals surface area contributed by atoms with Gasteiger partial charge in [-0.3, -0.25) is 9.59 Å². The smallest absolute Gasteiger partial charge is 0.226 e. The van der Waals surface area contributed by atoms with Gasteiger partial charge < -0.3 is 14.6 Å². The lowest BCUT2D eigenvalue weighted by Crippen LogP contribution is -2.34. The van der Waals surface area contributed by atoms with Crippen molar-refractivity contribution in [2.75, 3.05) is 19.6 Å². The first-order chi connectivity index (χ1) is 12.1. The number of carbonyl (C=O) groups is 2. The Hall–Kier alpha value is -2.70. The quantitative estimate of drug-likeness (QED) is 0.869. The number of hydrogen-bond donors (Lipinski definition) is 1. The van der Waals surface area contributed by atoms with E-state index in [4.69, 9.17) is 4.42 Å². The van der Waals surface area contributed by atoms with Crippen LogP contribution >= 0.6 is 0 Å². The SMILES string of the molecule is CCN1C[C@H](C(=O)NCCc2coc(-c3ccc(F)cc3)n2)CC1=O. The predicted molar refractivity (Wildman–Crippen MR) is 89.0 cm³/mol. The molecule has 0 unspecified atom stereocenters. The van der Waals surface area contributed by atoms with Gasteiger partial charge in [0.2, 0.25) is 17.7 Å². The molecular weight excluding hydrogens is 325 g/mol. The van der Waals surface area contributed by atoms with Crippen molar-refractivity contribution in [2.45, 2.75) is 19.8 Å². The number of likely N-dealkylation sites (tertiary alicyclic amines) is 1. The third-order valence-electron chi connectivity index (χ3n) is 4.29. The lowest BCUT2D eigenvalue weighted by molar-refractivity contribution is -0.128. The summed E-state index contributed by atoms with van der Waals surface area (Å²) in [4.78, 5) is 29.8. The Labute approximate surface area is 145 Å². The van der Waals surface area contributed by atoms with E-state index in [1.807, 2.05) is 6.92 Å². The number of amides is 2. The summed E-state index contributed by atoms with van der Waals surface area (Å²) in [5.74, 6) is -0.249. The summed E-state index contributed by atoms with van der Waals surface area (Å²) in [5.41, 5.74) is 1.40. The molecule has 1 saturated heterocycles. The highest BCUT2D eigenvalue weighted by atomic mass is 19.1. The number of benzene rings is 1. The summed E-state index contributed by atoms with van der Waals surface area (Å²) in [6, 6.07) is 5.90. The van der Waals surface area contributed by atoms with Crippen molar-refractivity contribution in [3.8, 4) is 11.5 Å². The van der Waals surface area contributed by atoms with Gasteiger partial charge in [0, 0.05) is 38.0 Å². The molecule has 0 saturated carbocycles. The molecule has 2 amide bonds. The molecule has 0 radical (unpaired) electrons. The summed E-state index contributed by atoms with van der Waals surface area (Å²) < 4.78 is 18.3. The van der Waals surface area contributed by atoms with Gasteiger partial charge in [-0.2, -0.15) is 0 Å². The molecule has 1 fully saturated rings. The van der Waals surface area contributed by atoms with Crippen LogP contribution in [0.5, 0.6) is 0 Å². The van der Waals surface area contributed by atoms with Gasteiger partial charge in [-0.1, -0.05) is 0 Å². The number of oxazole rings is 1. The molecule has 1 N–H and O–H groups in total. The number of aromatic nitrogens is 1. The maximum absolute atomic E-state index is 12.9. The second-order valence-electron chi connectivity index (χ2n) is 6.03. The van der Waals surface area contributed by atoms with Crippen LogP contribution in [0.2, 0.25) is 0 Å². The number of rotatable bonds is 6. The second-order valence-corrected chi connectivity index (χ2v) is 6.03. The van der Waals surface area contributed by atoms with Crippen molar-refractivity contribution in [1.29, 1.82) is 0 Å². The first-order valence-corrected chi connectivity index (χ1v) is 8.32. The Kier molecular flexibility index (Phi) is 5.11. The highest BCUT2D eigenvalue weighted by Crippen LogP contribution is 2.19. The van der Waals surface area contributed by atoms with Crippen LogP contribution in [0.4, 0.5) is 4.39 Å². The standard InChI is InChI=1S/C18H20FN3O3/c1-2-22-10-13(9-16(22)23)17(24)20-8-7-15-11-25-18(21-15)12-3-5-14(19)6-4-12/h3-6,11,13H,2,7-10H2,1H3,(H,20,24)/t13-/m1/s1. The molecule has 2 aromatic rings. The van der Waals surface area contributed by atoms with Gasteiger partial charge in [-0.05, 0) is 31.2 Å². The maximum atomic E-state index is 12.9. The minimum Gasteiger partial charge on any atom is -0.444 e. The van der Waals surface area contributed by atoms with Gasteiger partial charge in [0.25, 0.3) is 0 Å². The van der Waals surface area contributed by atoms with E-state index in [0.717, 1.165) is 0 Å². The average molecular weight is 345 g/mol. The molecule has 25 heavy (non-hydrogen) atoms. The molecule has 1 aliphatic rings. The summed E-state index contributed by atoms with van der Waals surface area (Å²) in [6.07, 6.45) is 2.33. The van der Waals surface area contributed by atoms with Crippen LogP contribution in [-0.2, 0) is 16.0 Å². The fourth-order valence-electron chi connectivity index (χ4n) is 2.86. The Bertz CT molecular complexity index is 757. The molecule has 0 bridgehead atoms. The molecule has 2 heterocycles. The van der Waals surface area contributed by atoms with E-state index in [2.05, 4.69) is 10.3 Å². The predicted octanol–water partition coefficient (Wildman–Crippen LogP) is 2.01. The molecule has 1 atom stereocenters. The first kappa shape index (κ1) is 17.1. The maximum Gasteiger partial charge on any atom is 0.226 e. The van der Waals surface area contributed by atoms with Crippen molar-refractivity contribution in [2.24, 2.45) is 5.92 Å². The number of nitrogens with one attached hydrogen (secondary N) is 1. The summed E-state index contributed by atoms with van der Waals surface area (Å²) in [7, 11) is 0. The van der Waals surface area contributed by atoms with Gasteiger partial charge >= 0.3 is 0 Å². The zero-order valence-electron chi connectivity index (χ0n) is 14.0. The molecule has 3 rings (SSSR count). The minimum atomic E-state index is -0.315. The zero-order chi connectivity index (χ0) is 17.8. The van der Waals surface area contributed by atoms with Crippen molar-refractivity contribution < 1.29 is 18.4 Å². The molecule has 6 nitrogen and oxygen atoms in total. The zero-order valence-corrected chi connectivity index (χ0v) is 14.0. The monoisotopic (exact) mass is 345 g/mol. The number of carbonyl (C=O) groups excluding carboxylic acids is 2. The van der Waals surface area contributed by atoms with Crippen molar-refractivity contribution in [3.05, 3.63) is 42.0 Å². The molecule has 1 aromatic carbocycles. The number of hydrogen-bond acceptors (Lipinski definition) is 4. The molecule has 0 aliphatic carbocycles. The van der Waals surface area contributed by atoms with Crippen molar-refractivity contribution in [3.63, 3.8) is 0 Å². The second kappa shape index (κ2) is 7.46. The third-order valence-corrected chi connectivity index (χ3v) is 4.29.